The molecule has 30 heavy (non-hydrogen) atoms. The highest BCUT2D eigenvalue weighted by Crippen LogP contribution is 2.16. The van der Waals surface area contributed by atoms with E-state index in [9.17, 15) is 26.4 Å². The zero-order chi connectivity index (χ0) is 22.4. The quantitative estimate of drug-likeness (QED) is 0.300. The lowest BCUT2D eigenvalue weighted by Crippen LogP contribution is -2.19. The van der Waals surface area contributed by atoms with Gasteiger partial charge >= 0.3 is 11.4 Å². The Hall–Kier alpha value is -3.20. The largest absolute Gasteiger partial charge is 0.328 e. The molecule has 2 aromatic carbocycles. The molecule has 0 amide bonds. The van der Waals surface area contributed by atoms with Crippen LogP contribution in [0.15, 0.2) is 55.8 Å². The monoisotopic (exact) mass is 454 g/mol. The van der Waals surface area contributed by atoms with Crippen LogP contribution in [0.25, 0.3) is 22.1 Å². The summed E-state index contributed by atoms with van der Waals surface area (Å²) < 4.78 is 47.1. The van der Waals surface area contributed by atoms with E-state index >= 15 is 0 Å². The fraction of sp³-hybridized carbons (Fsp3) is 0.125. The molecule has 2 aromatic heterocycles. The summed E-state index contributed by atoms with van der Waals surface area (Å²) in [7, 11) is -4.25. The van der Waals surface area contributed by atoms with Gasteiger partial charge in [-0.15, -0.1) is 0 Å². The Bertz CT molecular complexity index is 1610. The molecule has 0 radical (unpaired) electrons. The lowest BCUT2D eigenvalue weighted by atomic mass is 10.3. The lowest BCUT2D eigenvalue weighted by Gasteiger charge is -1.99. The minimum atomic E-state index is -3.74. The van der Waals surface area contributed by atoms with E-state index in [1.54, 1.807) is 20.2 Å². The Morgan fingerprint density at radius 2 is 1.23 bits per heavy atom. The molecule has 0 aliphatic carbocycles. The number of imidazole rings is 2. The van der Waals surface area contributed by atoms with Crippen molar-refractivity contribution in [2.24, 2.45) is 24.4 Å². The highest BCUT2D eigenvalue weighted by molar-refractivity contribution is 7.89. The Kier molecular flexibility index (Phi) is 5.19. The molecule has 0 aliphatic heterocycles. The van der Waals surface area contributed by atoms with Gasteiger partial charge in [0.1, 0.15) is 0 Å². The summed E-state index contributed by atoms with van der Waals surface area (Å²) in [5.41, 5.74) is 1.58. The lowest BCUT2D eigenvalue weighted by molar-refractivity contribution is 0.596. The maximum absolute atomic E-state index is 11.6. The molecule has 0 fully saturated rings. The van der Waals surface area contributed by atoms with Crippen LogP contribution in [0.2, 0.25) is 0 Å². The Labute approximate surface area is 169 Å². The van der Waals surface area contributed by atoms with Crippen LogP contribution in [-0.2, 0) is 34.1 Å². The molecule has 4 rings (SSSR count). The molecule has 2 heterocycles. The van der Waals surface area contributed by atoms with E-state index in [2.05, 4.69) is 9.97 Å². The molecule has 0 saturated carbocycles. The summed E-state index contributed by atoms with van der Waals surface area (Å²) >= 11 is 0. The second-order valence-corrected chi connectivity index (χ2v) is 9.55. The third-order valence-electron chi connectivity index (χ3n) is 4.39. The number of aromatic amines is 2. The molecular weight excluding hydrogens is 436 g/mol. The van der Waals surface area contributed by atoms with Gasteiger partial charge < -0.3 is 9.97 Å². The van der Waals surface area contributed by atoms with E-state index in [0.29, 0.717) is 22.1 Å². The van der Waals surface area contributed by atoms with Crippen LogP contribution in [0.3, 0.4) is 0 Å². The van der Waals surface area contributed by atoms with Crippen LogP contribution in [0.1, 0.15) is 0 Å². The third kappa shape index (κ3) is 4.06. The molecule has 0 unspecified atom stereocenters. The molecule has 0 bridgehead atoms. The number of nitrogens with zero attached hydrogens (tertiary/aromatic N) is 2. The van der Waals surface area contributed by atoms with Crippen molar-refractivity contribution in [1.29, 1.82) is 0 Å². The normalized spacial score (nSPS) is 12.1. The van der Waals surface area contributed by atoms with Crippen molar-refractivity contribution in [3.8, 4) is 0 Å². The van der Waals surface area contributed by atoms with Gasteiger partial charge in [0.25, 0.3) is 0 Å². The minimum Gasteiger partial charge on any atom is -0.306 e. The molecule has 0 spiro atoms. The zero-order valence-corrected chi connectivity index (χ0v) is 17.4. The van der Waals surface area contributed by atoms with Gasteiger partial charge in [-0.25, -0.2) is 36.7 Å². The number of benzene rings is 2. The number of hydrogen-bond donors (Lipinski definition) is 4. The number of rotatable bonds is 2. The van der Waals surface area contributed by atoms with Gasteiger partial charge in [0.15, 0.2) is 0 Å². The summed E-state index contributed by atoms with van der Waals surface area (Å²) in [4.78, 5) is 27.4. The summed E-state index contributed by atoms with van der Waals surface area (Å²) in [6.07, 6.45) is 0. The average Bonchev–Trinajstić information content (AvgIpc) is 3.12. The number of fused-ring (bicyclic) bond motifs is 2. The minimum absolute atomic E-state index is 0.00111. The van der Waals surface area contributed by atoms with Gasteiger partial charge in [-0.05, 0) is 36.4 Å². The van der Waals surface area contributed by atoms with E-state index in [4.69, 9.17) is 10.3 Å². The summed E-state index contributed by atoms with van der Waals surface area (Å²) in [6, 6.07) is 8.47. The van der Waals surface area contributed by atoms with Crippen molar-refractivity contribution in [2.45, 2.75) is 9.79 Å². The molecule has 14 heteroatoms. The summed E-state index contributed by atoms with van der Waals surface area (Å²) in [6.45, 7) is 0. The van der Waals surface area contributed by atoms with Crippen molar-refractivity contribution in [3.63, 3.8) is 0 Å². The number of H-pyrrole nitrogens is 2. The van der Waals surface area contributed by atoms with Crippen LogP contribution in [0.4, 0.5) is 0 Å². The standard InChI is InChI=1S/C9H11N3O3S.C7H7N3O3S/c1-11-7-4-3-6(16(10,14)15)5-8(7)12(2)9(11)13;8-14(12,13)4-1-2-5-6(3-4)10-7(11)9-5/h3-5H,1-2H3,(H2,10,14,15);1-3H,(H2,8,12,13)(H2,9,10,11). The van der Waals surface area contributed by atoms with Gasteiger partial charge in [0.2, 0.25) is 20.0 Å². The number of sulfonamides is 2. The maximum Gasteiger partial charge on any atom is 0.328 e. The fourth-order valence-electron chi connectivity index (χ4n) is 2.85. The molecule has 0 aliphatic rings. The zero-order valence-electron chi connectivity index (χ0n) is 15.8. The highest BCUT2D eigenvalue weighted by Gasteiger charge is 2.13. The number of nitrogens with two attached hydrogens (primary N) is 2. The van der Waals surface area contributed by atoms with Crippen molar-refractivity contribution < 1.29 is 16.8 Å². The van der Waals surface area contributed by atoms with Crippen molar-refractivity contribution in [1.82, 2.24) is 19.1 Å². The first-order valence-corrected chi connectivity index (χ1v) is 11.3. The van der Waals surface area contributed by atoms with Crippen LogP contribution >= 0.6 is 0 Å². The van der Waals surface area contributed by atoms with E-state index in [-0.39, 0.29) is 21.2 Å². The summed E-state index contributed by atoms with van der Waals surface area (Å²) in [5, 5.41) is 9.95. The van der Waals surface area contributed by atoms with Crippen LogP contribution in [0, 0.1) is 0 Å². The average molecular weight is 454 g/mol. The first-order valence-electron chi connectivity index (χ1n) is 8.22. The number of aryl methyl sites for hydroxylation is 2. The van der Waals surface area contributed by atoms with Crippen LogP contribution in [0.5, 0.6) is 0 Å². The number of primary sulfonamides is 2. The number of aromatic nitrogens is 4. The fourth-order valence-corrected chi connectivity index (χ4v) is 3.93. The van der Waals surface area contributed by atoms with Gasteiger partial charge in [0, 0.05) is 14.1 Å². The number of hydrogen-bond acceptors (Lipinski definition) is 6. The predicted molar refractivity (Wildman–Crippen MR) is 110 cm³/mol. The van der Waals surface area contributed by atoms with Gasteiger partial charge in [0.05, 0.1) is 31.9 Å². The third-order valence-corrected chi connectivity index (χ3v) is 6.21. The predicted octanol–water partition coefficient (Wildman–Crippen LogP) is -0.972. The number of nitrogens with one attached hydrogen (secondary N) is 2. The highest BCUT2D eigenvalue weighted by atomic mass is 32.2. The van der Waals surface area contributed by atoms with E-state index < -0.39 is 20.0 Å². The van der Waals surface area contributed by atoms with Crippen LogP contribution in [-0.4, -0.2) is 35.9 Å². The molecule has 160 valence electrons. The second-order valence-electron chi connectivity index (χ2n) is 6.43. The van der Waals surface area contributed by atoms with Gasteiger partial charge in [-0.2, -0.15) is 0 Å². The Balaban J connectivity index is 0.000000172. The second kappa shape index (κ2) is 7.24. The van der Waals surface area contributed by atoms with Crippen LogP contribution < -0.4 is 21.7 Å². The van der Waals surface area contributed by atoms with Crippen molar-refractivity contribution in [2.75, 3.05) is 0 Å². The molecule has 6 N–H and O–H groups in total. The molecule has 12 nitrogen and oxygen atoms in total. The van der Waals surface area contributed by atoms with Crippen molar-refractivity contribution in [3.05, 3.63) is 57.4 Å². The molecule has 0 saturated heterocycles. The topological polar surface area (TPSA) is 196 Å². The van der Waals surface area contributed by atoms with E-state index in [0.717, 1.165) is 0 Å². The van der Waals surface area contributed by atoms with E-state index in [1.165, 1.54) is 39.5 Å². The first kappa shape index (κ1) is 21.5. The SMILES string of the molecule is Cn1c(=O)n(C)c2cc(S(N)(=O)=O)ccc21.NS(=O)(=O)c1ccc2[nH]c(=O)[nH]c2c1. The van der Waals surface area contributed by atoms with Gasteiger partial charge in [-0.3, -0.25) is 9.13 Å². The smallest absolute Gasteiger partial charge is 0.306 e. The Morgan fingerprint density at radius 1 is 0.733 bits per heavy atom. The first-order chi connectivity index (χ1) is 13.8. The summed E-state index contributed by atoms with van der Waals surface area (Å²) in [5.74, 6) is 0. The Morgan fingerprint density at radius 3 is 1.83 bits per heavy atom. The maximum atomic E-state index is 11.6. The molecule has 0 atom stereocenters. The molecule has 4 aromatic rings. The molecular formula is C16H18N6O6S2. The van der Waals surface area contributed by atoms with Crippen molar-refractivity contribution >= 4 is 42.1 Å². The van der Waals surface area contributed by atoms with Gasteiger partial charge in [-0.1, -0.05) is 0 Å². The van der Waals surface area contributed by atoms with E-state index in [1.807, 2.05) is 0 Å².